The number of hydrogen-bond acceptors (Lipinski definition) is 15. The topological polar surface area (TPSA) is 225 Å². The predicted molar refractivity (Wildman–Crippen MR) is 247 cm³/mol. The summed E-state index contributed by atoms with van der Waals surface area (Å²) < 4.78 is 22.9. The van der Waals surface area contributed by atoms with E-state index in [0.29, 0.717) is 88.3 Å². The van der Waals surface area contributed by atoms with Crippen LogP contribution >= 0.6 is 0 Å². The Bertz CT molecular complexity index is 2610. The molecule has 2 aromatic carbocycles. The number of nitrogens with one attached hydrogen (secondary N) is 2. The molecule has 4 aliphatic rings. The van der Waals surface area contributed by atoms with E-state index in [9.17, 15) is 14.4 Å². The van der Waals surface area contributed by atoms with E-state index in [4.69, 9.17) is 44.6 Å². The molecule has 19 heteroatoms. The van der Waals surface area contributed by atoms with Gasteiger partial charge in [0, 0.05) is 66.9 Å². The van der Waals surface area contributed by atoms with Crippen molar-refractivity contribution in [1.29, 1.82) is 0 Å². The van der Waals surface area contributed by atoms with Gasteiger partial charge in [0.05, 0.1) is 68.3 Å². The van der Waals surface area contributed by atoms with Gasteiger partial charge in [-0.15, -0.1) is 0 Å². The van der Waals surface area contributed by atoms with Crippen molar-refractivity contribution >= 4 is 35.7 Å². The molecule has 0 aliphatic carbocycles. The van der Waals surface area contributed by atoms with Gasteiger partial charge in [-0.3, -0.25) is 9.80 Å². The Morgan fingerprint density at radius 2 is 1.55 bits per heavy atom. The van der Waals surface area contributed by atoms with Crippen molar-refractivity contribution in [2.45, 2.75) is 83.8 Å². The van der Waals surface area contributed by atoms with Crippen LogP contribution in [0.25, 0.3) is 22.8 Å². The zero-order chi connectivity index (χ0) is 46.3. The summed E-state index contributed by atoms with van der Waals surface area (Å²) in [5.41, 5.74) is 12.0. The van der Waals surface area contributed by atoms with Crippen molar-refractivity contribution in [3.63, 3.8) is 0 Å². The van der Waals surface area contributed by atoms with Crippen LogP contribution in [-0.2, 0) is 51.7 Å². The summed E-state index contributed by atoms with van der Waals surface area (Å²) in [7, 11) is 0. The Kier molecular flexibility index (Phi) is 13.4. The van der Waals surface area contributed by atoms with Crippen molar-refractivity contribution in [3.05, 3.63) is 113 Å². The molecule has 4 amide bonds. The van der Waals surface area contributed by atoms with Gasteiger partial charge < -0.3 is 40.2 Å². The van der Waals surface area contributed by atoms with E-state index in [1.807, 2.05) is 62.4 Å². The minimum absolute atomic E-state index is 0.00137. The number of carbonyl (C=O) groups excluding carboxylic acids is 3. The number of fused-ring (bicyclic) bond motifs is 2. The van der Waals surface area contributed by atoms with Crippen molar-refractivity contribution in [2.75, 3.05) is 55.4 Å². The number of carbonyl (C=O) groups is 3. The molecule has 1 saturated heterocycles. The standard InChI is InChI=1S/C48H54N12O7/c1-48(2,67-47(63)60-26-36-38(28-60)54-42(34-24-51-44(49)52-25-34)56-40(36)32-14-21-65-22-15-32)16-6-17-50-45(61)53-35-12-10-33(11-13-35)41-55-39-29-59(46(62)66-30-31-8-4-3-5-9-31)27-37(39)43(57-41)58-18-7-20-64-23-19-58/h3-5,8-14,21,24-25,32H,6-7,15-20,22-23,26-30H2,1-2H3,(H2,49,51,52)(H2,50,53,61). The van der Waals surface area contributed by atoms with Crippen molar-refractivity contribution < 1.29 is 33.3 Å². The van der Waals surface area contributed by atoms with Crippen LogP contribution in [0.5, 0.6) is 0 Å². The first-order valence-electron chi connectivity index (χ1n) is 22.6. The Morgan fingerprint density at radius 1 is 0.821 bits per heavy atom. The number of urea groups is 1. The minimum Gasteiger partial charge on any atom is -0.501 e. The van der Waals surface area contributed by atoms with Gasteiger partial charge in [0.2, 0.25) is 5.95 Å². The number of nitrogens with zero attached hydrogens (tertiary/aromatic N) is 9. The number of nitrogens with two attached hydrogens (primary N) is 1. The quantitative estimate of drug-likeness (QED) is 0.111. The fourth-order valence-electron chi connectivity index (χ4n) is 8.51. The van der Waals surface area contributed by atoms with Gasteiger partial charge in [-0.1, -0.05) is 30.3 Å². The van der Waals surface area contributed by atoms with Gasteiger partial charge in [0.25, 0.3) is 0 Å². The van der Waals surface area contributed by atoms with Crippen molar-refractivity contribution in [1.82, 2.24) is 45.0 Å². The molecule has 1 atom stereocenters. The van der Waals surface area contributed by atoms with Crippen LogP contribution in [0.15, 0.2) is 79.3 Å². The number of benzene rings is 2. The molecular formula is C48H54N12O7. The maximum absolute atomic E-state index is 13.6. The summed E-state index contributed by atoms with van der Waals surface area (Å²) >= 11 is 0. The van der Waals surface area contributed by atoms with E-state index in [2.05, 4.69) is 25.5 Å². The lowest BCUT2D eigenvalue weighted by Gasteiger charge is -2.28. The fourth-order valence-corrected chi connectivity index (χ4v) is 8.51. The number of rotatable bonds is 12. The van der Waals surface area contributed by atoms with Gasteiger partial charge in [-0.25, -0.2) is 44.3 Å². The highest BCUT2D eigenvalue weighted by Crippen LogP contribution is 2.36. The number of nitrogen functional groups attached to an aromatic ring is 1. The molecule has 0 saturated carbocycles. The van der Waals surface area contributed by atoms with E-state index < -0.39 is 17.8 Å². The number of aromatic nitrogens is 6. The second-order valence-electron chi connectivity index (χ2n) is 17.5. The molecule has 19 nitrogen and oxygen atoms in total. The third kappa shape index (κ3) is 10.8. The highest BCUT2D eigenvalue weighted by Gasteiger charge is 2.35. The summed E-state index contributed by atoms with van der Waals surface area (Å²) in [6.07, 6.45) is 8.65. The average Bonchev–Trinajstić information content (AvgIpc) is 3.89. The molecule has 0 radical (unpaired) electrons. The Balaban J connectivity index is 0.773. The predicted octanol–water partition coefficient (Wildman–Crippen LogP) is 6.70. The summed E-state index contributed by atoms with van der Waals surface area (Å²) in [5.74, 6) is 1.93. The Hall–Kier alpha value is -7.41. The third-order valence-electron chi connectivity index (χ3n) is 12.1. The van der Waals surface area contributed by atoms with Gasteiger partial charge in [0.1, 0.15) is 18.0 Å². The second-order valence-corrected chi connectivity index (χ2v) is 17.5. The van der Waals surface area contributed by atoms with E-state index in [1.54, 1.807) is 40.6 Å². The molecule has 9 rings (SSSR count). The molecule has 7 heterocycles. The molecule has 67 heavy (non-hydrogen) atoms. The summed E-state index contributed by atoms with van der Waals surface area (Å²) in [6.45, 7) is 8.76. The lowest BCUT2D eigenvalue weighted by Crippen LogP contribution is -2.36. The molecular weight excluding hydrogens is 857 g/mol. The van der Waals surface area contributed by atoms with Crippen LogP contribution in [-0.4, -0.2) is 103 Å². The summed E-state index contributed by atoms with van der Waals surface area (Å²) in [5, 5.41) is 5.81. The van der Waals surface area contributed by atoms with Gasteiger partial charge in [-0.2, -0.15) is 0 Å². The average molecular weight is 911 g/mol. The number of hydrogen-bond donors (Lipinski definition) is 3. The smallest absolute Gasteiger partial charge is 0.410 e. The largest absolute Gasteiger partial charge is 0.501 e. The Morgan fingerprint density at radius 3 is 2.31 bits per heavy atom. The SMILES string of the molecule is CC(C)(CCCNC(=O)Nc1ccc(-c2nc3c(c(N4CCCOCC4)n2)CN(C(=O)OCc2ccccc2)C3)cc1)OC(=O)N1Cc2nc(-c3cnc(N)nc3)nc(C3C=COCC3)c2C1. The maximum atomic E-state index is 13.6. The monoisotopic (exact) mass is 910 g/mol. The maximum Gasteiger partial charge on any atom is 0.410 e. The van der Waals surface area contributed by atoms with E-state index >= 15 is 0 Å². The third-order valence-corrected chi connectivity index (χ3v) is 12.1. The zero-order valence-electron chi connectivity index (χ0n) is 37.6. The Labute approximate surface area is 388 Å². The fraction of sp³-hybridized carbons (Fsp3) is 0.396. The van der Waals surface area contributed by atoms with Crippen LogP contribution in [0.3, 0.4) is 0 Å². The highest BCUT2D eigenvalue weighted by atomic mass is 16.6. The minimum atomic E-state index is -0.811. The first-order valence-corrected chi connectivity index (χ1v) is 22.6. The number of allylic oxidation sites excluding steroid dienone is 1. The molecule has 348 valence electrons. The molecule has 3 aromatic heterocycles. The molecule has 5 aromatic rings. The van der Waals surface area contributed by atoms with Crippen LogP contribution in [0, 0.1) is 0 Å². The lowest BCUT2D eigenvalue weighted by atomic mass is 9.95. The van der Waals surface area contributed by atoms with Crippen molar-refractivity contribution in [2.24, 2.45) is 0 Å². The van der Waals surface area contributed by atoms with E-state index in [0.717, 1.165) is 64.5 Å². The van der Waals surface area contributed by atoms with Crippen LogP contribution in [0.2, 0.25) is 0 Å². The molecule has 4 N–H and O–H groups in total. The van der Waals surface area contributed by atoms with Crippen LogP contribution in [0.4, 0.5) is 31.8 Å². The first kappa shape index (κ1) is 44.8. The molecule has 1 unspecified atom stereocenters. The normalized spacial score (nSPS) is 16.7. The zero-order valence-corrected chi connectivity index (χ0v) is 37.6. The summed E-state index contributed by atoms with van der Waals surface area (Å²) in [6, 6.07) is 16.6. The van der Waals surface area contributed by atoms with Crippen molar-refractivity contribution in [3.8, 4) is 22.8 Å². The van der Waals surface area contributed by atoms with Gasteiger partial charge in [0.15, 0.2) is 11.6 Å². The van der Waals surface area contributed by atoms with E-state index in [1.165, 1.54) is 0 Å². The van der Waals surface area contributed by atoms with Crippen LogP contribution < -0.4 is 21.3 Å². The number of anilines is 3. The van der Waals surface area contributed by atoms with Gasteiger partial charge >= 0.3 is 18.2 Å². The van der Waals surface area contributed by atoms with E-state index in [-0.39, 0.29) is 31.0 Å². The number of ether oxygens (including phenoxy) is 4. The van der Waals surface area contributed by atoms with Crippen LogP contribution in [0.1, 0.15) is 79.2 Å². The lowest BCUT2D eigenvalue weighted by molar-refractivity contribution is 0.00661. The highest BCUT2D eigenvalue weighted by molar-refractivity contribution is 5.89. The number of amides is 4. The molecule has 0 bridgehead atoms. The summed E-state index contributed by atoms with van der Waals surface area (Å²) in [4.78, 5) is 73.2. The first-order chi connectivity index (χ1) is 32.5. The second kappa shape index (κ2) is 20.0. The molecule has 1 fully saturated rings. The molecule has 0 spiro atoms. The molecule has 4 aliphatic heterocycles. The van der Waals surface area contributed by atoms with Gasteiger partial charge in [-0.05, 0) is 75.4 Å².